The molecule has 1 amide bonds. The number of nitrogens with two attached hydrogens (primary N) is 1. The van der Waals surface area contributed by atoms with Gasteiger partial charge in [0.15, 0.2) is 0 Å². The van der Waals surface area contributed by atoms with Crippen LogP contribution in [0.15, 0.2) is 95.2 Å². The zero-order chi connectivity index (χ0) is 37.0. The number of aromatic carboxylic acids is 1. The van der Waals surface area contributed by atoms with Crippen LogP contribution in [0.1, 0.15) is 56.8 Å². The molecule has 6 rings (SSSR count). The van der Waals surface area contributed by atoms with Gasteiger partial charge in [0.25, 0.3) is 5.91 Å². The zero-order valence-corrected chi connectivity index (χ0v) is 30.6. The Balaban J connectivity index is 0.000000190. The Hall–Kier alpha value is -4.72. The molecule has 13 heteroatoms. The number of aromatic nitrogens is 2. The second-order valence-corrected chi connectivity index (χ2v) is 13.4. The van der Waals surface area contributed by atoms with Crippen molar-refractivity contribution in [1.82, 2.24) is 15.3 Å². The number of carboxylic acids is 1. The number of carboxylic acid groups (broad SMARTS) is 1. The number of carbonyl (C=O) groups excluding carboxylic acids is 3. The van der Waals surface area contributed by atoms with Crippen molar-refractivity contribution in [2.75, 3.05) is 25.7 Å². The first-order chi connectivity index (χ1) is 24.5. The molecule has 0 bridgehead atoms. The number of fused-ring (bicyclic) bond motifs is 2. The summed E-state index contributed by atoms with van der Waals surface area (Å²) >= 11 is 2.73. The van der Waals surface area contributed by atoms with Gasteiger partial charge < -0.3 is 25.6 Å². The minimum Gasteiger partial charge on any atom is -0.478 e. The fraction of sp³-hybridized carbons (Fsp3) is 0.316. The van der Waals surface area contributed by atoms with Gasteiger partial charge in [-0.05, 0) is 72.9 Å². The number of carbonyl (C=O) groups is 4. The van der Waals surface area contributed by atoms with Crippen LogP contribution in [0.4, 0.5) is 0 Å². The molecule has 268 valence electrons. The summed E-state index contributed by atoms with van der Waals surface area (Å²) in [6.07, 6.45) is 8.93. The van der Waals surface area contributed by atoms with Gasteiger partial charge in [0.1, 0.15) is 21.1 Å². The highest BCUT2D eigenvalue weighted by Crippen LogP contribution is 2.32. The van der Waals surface area contributed by atoms with Crippen molar-refractivity contribution >= 4 is 47.3 Å². The first kappa shape index (κ1) is 39.1. The van der Waals surface area contributed by atoms with Crippen LogP contribution in [-0.2, 0) is 44.7 Å². The Morgan fingerprint density at radius 1 is 0.706 bits per heavy atom. The normalized spacial score (nSPS) is 14.3. The van der Waals surface area contributed by atoms with Crippen LogP contribution in [0, 0.1) is 0 Å². The number of nitrogens with one attached hydrogen (secondary N) is 1. The number of pyridine rings is 2. The lowest BCUT2D eigenvalue weighted by Crippen LogP contribution is -2.56. The second kappa shape index (κ2) is 18.0. The van der Waals surface area contributed by atoms with Crippen molar-refractivity contribution in [3.63, 3.8) is 0 Å². The molecule has 11 nitrogen and oxygen atoms in total. The summed E-state index contributed by atoms with van der Waals surface area (Å²) in [6, 6.07) is 22.4. The Morgan fingerprint density at radius 2 is 1.14 bits per heavy atom. The maximum atomic E-state index is 12.9. The third-order valence-corrected chi connectivity index (χ3v) is 9.76. The molecule has 2 aromatic heterocycles. The first-order valence-electron chi connectivity index (χ1n) is 16.3. The summed E-state index contributed by atoms with van der Waals surface area (Å²) in [4.78, 5) is 55.9. The van der Waals surface area contributed by atoms with Gasteiger partial charge >= 0.3 is 17.9 Å². The zero-order valence-electron chi connectivity index (χ0n) is 29.0. The SMILES string of the molecule is CCOC(=O)C1(N)Cc2ccccc2C1.CCOC(=O)C1(NC(=O)c2cccnc2SC)Cc2ccccc2C1.CSc1ncccc1C(=O)O. The highest BCUT2D eigenvalue weighted by atomic mass is 32.2. The molecule has 4 N–H and O–H groups in total. The van der Waals surface area contributed by atoms with E-state index < -0.39 is 23.0 Å². The quantitative estimate of drug-likeness (QED) is 0.153. The van der Waals surface area contributed by atoms with Crippen molar-refractivity contribution in [2.24, 2.45) is 5.73 Å². The molecule has 0 aliphatic heterocycles. The fourth-order valence-electron chi connectivity index (χ4n) is 5.96. The Labute approximate surface area is 306 Å². The van der Waals surface area contributed by atoms with E-state index in [9.17, 15) is 19.2 Å². The van der Waals surface area contributed by atoms with Gasteiger partial charge in [0.05, 0.1) is 24.3 Å². The molecule has 0 spiro atoms. The molecular weight excluding hydrogens is 689 g/mol. The number of thioether (sulfide) groups is 2. The van der Waals surface area contributed by atoms with Crippen LogP contribution in [0.2, 0.25) is 0 Å². The predicted molar refractivity (Wildman–Crippen MR) is 197 cm³/mol. The van der Waals surface area contributed by atoms with Crippen molar-refractivity contribution in [2.45, 2.75) is 60.7 Å². The van der Waals surface area contributed by atoms with Gasteiger partial charge in [-0.25, -0.2) is 19.6 Å². The largest absolute Gasteiger partial charge is 0.478 e. The average Bonchev–Trinajstić information content (AvgIpc) is 3.70. The van der Waals surface area contributed by atoms with E-state index in [4.69, 9.17) is 20.3 Å². The molecule has 2 aliphatic carbocycles. The van der Waals surface area contributed by atoms with Crippen molar-refractivity contribution < 1.29 is 33.8 Å². The van der Waals surface area contributed by atoms with Gasteiger partial charge in [-0.3, -0.25) is 9.59 Å². The van der Waals surface area contributed by atoms with Crippen molar-refractivity contribution in [1.29, 1.82) is 0 Å². The highest BCUT2D eigenvalue weighted by molar-refractivity contribution is 7.98. The van der Waals surface area contributed by atoms with E-state index in [-0.39, 0.29) is 24.0 Å². The van der Waals surface area contributed by atoms with Gasteiger partial charge in [-0.15, -0.1) is 23.5 Å². The van der Waals surface area contributed by atoms with E-state index >= 15 is 0 Å². The summed E-state index contributed by atoms with van der Waals surface area (Å²) in [7, 11) is 0. The van der Waals surface area contributed by atoms with E-state index in [1.165, 1.54) is 23.5 Å². The van der Waals surface area contributed by atoms with Crippen molar-refractivity contribution in [3.05, 3.63) is 119 Å². The van der Waals surface area contributed by atoms with Crippen LogP contribution in [0.5, 0.6) is 0 Å². The summed E-state index contributed by atoms with van der Waals surface area (Å²) in [5.41, 5.74) is 9.33. The maximum Gasteiger partial charge on any atom is 0.338 e. The van der Waals surface area contributed by atoms with Crippen LogP contribution in [-0.4, -0.2) is 75.7 Å². The third kappa shape index (κ3) is 9.54. The first-order valence-corrected chi connectivity index (χ1v) is 18.8. The van der Waals surface area contributed by atoms with Crippen LogP contribution < -0.4 is 11.1 Å². The molecule has 0 unspecified atom stereocenters. The van der Waals surface area contributed by atoms with Gasteiger partial charge in [-0.1, -0.05) is 48.5 Å². The molecular formula is C38H42N4O7S2. The van der Waals surface area contributed by atoms with Gasteiger partial charge in [0, 0.05) is 38.1 Å². The Kier molecular flexibility index (Phi) is 13.8. The topological polar surface area (TPSA) is 171 Å². The third-order valence-electron chi connectivity index (χ3n) is 8.34. The number of rotatable bonds is 9. The fourth-order valence-corrected chi connectivity index (χ4v) is 7.05. The smallest absolute Gasteiger partial charge is 0.338 e. The molecule has 51 heavy (non-hydrogen) atoms. The van der Waals surface area contributed by atoms with E-state index in [2.05, 4.69) is 15.3 Å². The second-order valence-electron chi connectivity index (χ2n) is 11.8. The highest BCUT2D eigenvalue weighted by Gasteiger charge is 2.47. The molecule has 0 atom stereocenters. The predicted octanol–water partition coefficient (Wildman–Crippen LogP) is 5.18. The summed E-state index contributed by atoms with van der Waals surface area (Å²) in [5, 5.41) is 12.8. The van der Waals surface area contributed by atoms with Crippen LogP contribution in [0.25, 0.3) is 0 Å². The average molecular weight is 731 g/mol. The molecule has 4 aromatic rings. The van der Waals surface area contributed by atoms with Crippen LogP contribution in [0.3, 0.4) is 0 Å². The molecule has 0 fully saturated rings. The number of hydrogen-bond acceptors (Lipinski definition) is 11. The molecule has 0 radical (unpaired) electrons. The molecule has 2 aliphatic rings. The molecule has 2 aromatic carbocycles. The monoisotopic (exact) mass is 730 g/mol. The van der Waals surface area contributed by atoms with E-state index in [1.54, 1.807) is 56.8 Å². The molecule has 0 saturated heterocycles. The van der Waals surface area contributed by atoms with Crippen LogP contribution >= 0.6 is 23.5 Å². The number of nitrogens with zero attached hydrogens (tertiary/aromatic N) is 2. The number of hydrogen-bond donors (Lipinski definition) is 3. The molecule has 0 saturated carbocycles. The standard InChI is InChI=1S/C19H20N2O3S.C12H15NO2.C7H7NO2S/c1-3-24-18(23)19(11-13-7-4-5-8-14(13)12-19)21-16(22)15-9-6-10-20-17(15)25-2;1-2-15-11(14)12(13)7-9-5-3-4-6-10(9)8-12;1-11-6-5(7(9)10)3-2-4-8-6/h4-10H,3,11-12H2,1-2H3,(H,21,22);3-6H,2,7-8,13H2,1H3;2-4H,1H3,(H,9,10). The number of benzene rings is 2. The Morgan fingerprint density at radius 3 is 1.57 bits per heavy atom. The summed E-state index contributed by atoms with van der Waals surface area (Å²) in [6.45, 7) is 4.22. The molecule has 2 heterocycles. The lowest BCUT2D eigenvalue weighted by atomic mass is 9.95. The minimum absolute atomic E-state index is 0.264. The summed E-state index contributed by atoms with van der Waals surface area (Å²) < 4.78 is 10.3. The number of amides is 1. The van der Waals surface area contributed by atoms with E-state index in [0.29, 0.717) is 47.9 Å². The van der Waals surface area contributed by atoms with E-state index in [1.807, 2.05) is 54.8 Å². The number of esters is 2. The van der Waals surface area contributed by atoms with E-state index in [0.717, 1.165) is 22.3 Å². The summed E-state index contributed by atoms with van der Waals surface area (Å²) in [5.74, 6) is -1.92. The van der Waals surface area contributed by atoms with Gasteiger partial charge in [0.2, 0.25) is 0 Å². The lowest BCUT2D eigenvalue weighted by Gasteiger charge is -2.28. The lowest BCUT2D eigenvalue weighted by molar-refractivity contribution is -0.150. The Bertz CT molecular complexity index is 1820. The maximum absolute atomic E-state index is 12.9. The number of ether oxygens (including phenoxy) is 2. The van der Waals surface area contributed by atoms with Gasteiger partial charge in [-0.2, -0.15) is 0 Å². The minimum atomic E-state index is -1.07. The van der Waals surface area contributed by atoms with Crippen molar-refractivity contribution in [3.8, 4) is 0 Å².